The quantitative estimate of drug-likeness (QED) is 0.336. The third-order valence-electron chi connectivity index (χ3n) is 5.28. The Labute approximate surface area is 180 Å². The van der Waals surface area contributed by atoms with Gasteiger partial charge in [-0.1, -0.05) is 30.3 Å². The van der Waals surface area contributed by atoms with Crippen molar-refractivity contribution in [3.63, 3.8) is 0 Å². The molecule has 156 valence electrons. The maximum absolute atomic E-state index is 12.2. The van der Waals surface area contributed by atoms with E-state index in [1.54, 1.807) is 6.20 Å². The molecule has 0 unspecified atom stereocenters. The van der Waals surface area contributed by atoms with Crippen LogP contribution in [-0.4, -0.2) is 38.4 Å². The first-order valence-corrected chi connectivity index (χ1v) is 10.1. The predicted octanol–water partition coefficient (Wildman–Crippen LogP) is 3.58. The van der Waals surface area contributed by atoms with Crippen LogP contribution in [-0.2, 0) is 22.7 Å². The van der Waals surface area contributed by atoms with Crippen LogP contribution < -0.4 is 0 Å². The lowest BCUT2D eigenvalue weighted by Crippen LogP contribution is -1.99. The van der Waals surface area contributed by atoms with Crippen LogP contribution in [0.1, 0.15) is 23.1 Å². The average molecular weight is 413 g/mol. The van der Waals surface area contributed by atoms with Crippen molar-refractivity contribution in [3.8, 4) is 0 Å². The highest BCUT2D eigenvalue weighted by Crippen LogP contribution is 2.30. The molecule has 0 aliphatic rings. The Kier molecular flexibility index (Phi) is 6.19. The van der Waals surface area contributed by atoms with Gasteiger partial charge in [0.25, 0.3) is 0 Å². The molecule has 0 atom stereocenters. The molecule has 0 amide bonds. The number of aliphatic hydroxyl groups excluding tert-OH is 1. The summed E-state index contributed by atoms with van der Waals surface area (Å²) in [5, 5.41) is 9.99. The molecule has 0 spiro atoms. The molecule has 0 fully saturated rings. The number of hydrogen-bond acceptors (Lipinski definition) is 4. The highest BCUT2D eigenvalue weighted by Gasteiger charge is 2.18. The maximum atomic E-state index is 12.2. The molecular weight excluding hydrogens is 390 g/mol. The van der Waals surface area contributed by atoms with Crippen molar-refractivity contribution in [1.82, 2.24) is 14.1 Å². The second-order valence-corrected chi connectivity index (χ2v) is 7.31. The molecule has 31 heavy (non-hydrogen) atoms. The van der Waals surface area contributed by atoms with Gasteiger partial charge in [0.05, 0.1) is 0 Å². The van der Waals surface area contributed by atoms with E-state index in [1.165, 1.54) is 0 Å². The largest absolute Gasteiger partial charge is 0.396 e. The summed E-state index contributed by atoms with van der Waals surface area (Å²) < 4.78 is 3.90. The molecule has 0 saturated carbocycles. The third kappa shape index (κ3) is 4.25. The Hall–Kier alpha value is -3.77. The van der Waals surface area contributed by atoms with E-state index in [1.807, 2.05) is 76.3 Å². The van der Waals surface area contributed by atoms with Crippen molar-refractivity contribution in [2.45, 2.75) is 19.5 Å². The van der Waals surface area contributed by atoms with Crippen LogP contribution in [0.15, 0.2) is 73.3 Å². The topological polar surface area (TPSA) is 77.1 Å². The number of allylic oxidation sites excluding steroid dienone is 2. The SMILES string of the molecule is O=C/C(=C(\C=O)c1cn(CCCO)c2ncccc12)c1ccn(Cc2ccccc2)c1. The fourth-order valence-electron chi connectivity index (χ4n) is 3.80. The monoisotopic (exact) mass is 413 g/mol. The number of benzene rings is 1. The molecule has 1 aromatic carbocycles. The zero-order chi connectivity index (χ0) is 21.6. The normalized spacial score (nSPS) is 12.0. The third-order valence-corrected chi connectivity index (χ3v) is 5.28. The minimum Gasteiger partial charge on any atom is -0.396 e. The summed E-state index contributed by atoms with van der Waals surface area (Å²) in [6.45, 7) is 1.31. The molecule has 6 nitrogen and oxygen atoms in total. The standard InChI is InChI=1S/C25H23N3O3/c29-13-5-11-28-16-22(21-8-4-10-26-25(21)28)24(18-31)23(17-30)20-9-12-27(15-20)14-19-6-2-1-3-7-19/h1-4,6-10,12,15-18,29H,5,11,13-14H2/b24-23-. The number of aromatic nitrogens is 3. The zero-order valence-corrected chi connectivity index (χ0v) is 17.0. The van der Waals surface area contributed by atoms with Gasteiger partial charge in [-0.2, -0.15) is 0 Å². The van der Waals surface area contributed by atoms with Crippen molar-refractivity contribution in [1.29, 1.82) is 0 Å². The summed E-state index contributed by atoms with van der Waals surface area (Å²) in [6, 6.07) is 15.6. The molecule has 4 aromatic rings. The molecule has 0 aliphatic heterocycles. The van der Waals surface area contributed by atoms with E-state index in [2.05, 4.69) is 4.98 Å². The Morgan fingerprint density at radius 2 is 1.77 bits per heavy atom. The van der Waals surface area contributed by atoms with Gasteiger partial charge in [-0.3, -0.25) is 9.59 Å². The first-order chi connectivity index (χ1) is 15.2. The molecule has 4 rings (SSSR count). The molecule has 3 heterocycles. The molecule has 0 saturated heterocycles. The Morgan fingerprint density at radius 1 is 0.968 bits per heavy atom. The maximum Gasteiger partial charge on any atom is 0.151 e. The summed E-state index contributed by atoms with van der Waals surface area (Å²) >= 11 is 0. The number of carbonyl (C=O) groups is 2. The minimum atomic E-state index is 0.0622. The van der Waals surface area contributed by atoms with Crippen LogP contribution in [0, 0.1) is 0 Å². The lowest BCUT2D eigenvalue weighted by atomic mass is 9.98. The molecule has 0 bridgehead atoms. The van der Waals surface area contributed by atoms with Gasteiger partial charge < -0.3 is 14.2 Å². The van der Waals surface area contributed by atoms with Gasteiger partial charge >= 0.3 is 0 Å². The van der Waals surface area contributed by atoms with Gasteiger partial charge in [0, 0.05) is 72.1 Å². The van der Waals surface area contributed by atoms with E-state index < -0.39 is 0 Å². The van der Waals surface area contributed by atoms with Gasteiger partial charge in [-0.25, -0.2) is 4.98 Å². The van der Waals surface area contributed by atoms with Gasteiger partial charge in [-0.05, 0) is 30.2 Å². The van der Waals surface area contributed by atoms with Crippen LogP contribution in [0.2, 0.25) is 0 Å². The van der Waals surface area contributed by atoms with Crippen molar-refractivity contribution in [3.05, 3.63) is 90.0 Å². The fourth-order valence-corrected chi connectivity index (χ4v) is 3.80. The molecule has 1 N–H and O–H groups in total. The zero-order valence-electron chi connectivity index (χ0n) is 17.0. The van der Waals surface area contributed by atoms with E-state index in [-0.39, 0.29) is 6.61 Å². The van der Waals surface area contributed by atoms with Crippen LogP contribution in [0.25, 0.3) is 22.2 Å². The number of fused-ring (bicyclic) bond motifs is 1. The molecular formula is C25H23N3O3. The molecule has 0 aliphatic carbocycles. The number of rotatable bonds is 9. The van der Waals surface area contributed by atoms with Crippen molar-refractivity contribution >= 4 is 34.8 Å². The van der Waals surface area contributed by atoms with Gasteiger partial charge in [-0.15, -0.1) is 0 Å². The summed E-state index contributed by atoms with van der Waals surface area (Å²) in [5.41, 5.74) is 3.88. The first kappa shape index (κ1) is 20.5. The smallest absolute Gasteiger partial charge is 0.151 e. The average Bonchev–Trinajstić information content (AvgIpc) is 3.41. The second-order valence-electron chi connectivity index (χ2n) is 7.31. The van der Waals surface area contributed by atoms with Crippen molar-refractivity contribution in [2.24, 2.45) is 0 Å². The summed E-state index contributed by atoms with van der Waals surface area (Å²) in [4.78, 5) is 28.7. The molecule has 0 radical (unpaired) electrons. The lowest BCUT2D eigenvalue weighted by Gasteiger charge is -2.05. The van der Waals surface area contributed by atoms with Crippen molar-refractivity contribution in [2.75, 3.05) is 6.61 Å². The Morgan fingerprint density at radius 3 is 2.52 bits per heavy atom. The highest BCUT2D eigenvalue weighted by molar-refractivity contribution is 6.31. The van der Waals surface area contributed by atoms with Crippen LogP contribution in [0.3, 0.4) is 0 Å². The number of aryl methyl sites for hydroxylation is 1. The number of nitrogens with zero attached hydrogens (tertiary/aromatic N) is 3. The lowest BCUT2D eigenvalue weighted by molar-refractivity contribution is -0.105. The second kappa shape index (κ2) is 9.36. The number of carbonyl (C=O) groups excluding carboxylic acids is 2. The first-order valence-electron chi connectivity index (χ1n) is 10.1. The van der Waals surface area contributed by atoms with E-state index in [0.29, 0.717) is 41.8 Å². The summed E-state index contributed by atoms with van der Waals surface area (Å²) in [5.74, 6) is 0. The molecule has 6 heteroatoms. The number of hydrogen-bond donors (Lipinski definition) is 1. The summed E-state index contributed by atoms with van der Waals surface area (Å²) in [7, 11) is 0. The number of pyridine rings is 1. The van der Waals surface area contributed by atoms with Crippen LogP contribution >= 0.6 is 0 Å². The van der Waals surface area contributed by atoms with E-state index in [9.17, 15) is 14.7 Å². The number of aldehydes is 2. The summed E-state index contributed by atoms with van der Waals surface area (Å²) in [6.07, 6.45) is 9.35. The van der Waals surface area contributed by atoms with Gasteiger partial charge in [0.15, 0.2) is 12.6 Å². The fraction of sp³-hybridized carbons (Fsp3) is 0.160. The Bertz CT molecular complexity index is 1240. The Balaban J connectivity index is 1.77. The van der Waals surface area contributed by atoms with E-state index in [4.69, 9.17) is 0 Å². The number of aliphatic hydroxyl groups is 1. The van der Waals surface area contributed by atoms with Gasteiger partial charge in [0.1, 0.15) is 5.65 Å². The predicted molar refractivity (Wildman–Crippen MR) is 120 cm³/mol. The van der Waals surface area contributed by atoms with E-state index >= 15 is 0 Å². The van der Waals surface area contributed by atoms with Crippen LogP contribution in [0.5, 0.6) is 0 Å². The van der Waals surface area contributed by atoms with Crippen molar-refractivity contribution < 1.29 is 14.7 Å². The molecule has 3 aromatic heterocycles. The van der Waals surface area contributed by atoms with Gasteiger partial charge in [0.2, 0.25) is 0 Å². The van der Waals surface area contributed by atoms with Crippen LogP contribution in [0.4, 0.5) is 0 Å². The minimum absolute atomic E-state index is 0.0622. The highest BCUT2D eigenvalue weighted by atomic mass is 16.3. The van der Waals surface area contributed by atoms with E-state index in [0.717, 1.165) is 29.2 Å².